The number of ether oxygens (including phenoxy) is 2. The monoisotopic (exact) mass is 261 g/mol. The quantitative estimate of drug-likeness (QED) is 0.503. The van der Waals surface area contributed by atoms with Crippen molar-refractivity contribution in [2.45, 2.75) is 31.8 Å². The highest BCUT2D eigenvalue weighted by Crippen LogP contribution is 2.25. The van der Waals surface area contributed by atoms with Crippen molar-refractivity contribution in [2.75, 3.05) is 12.3 Å². The first kappa shape index (κ1) is 13.5. The fourth-order valence-electron chi connectivity index (χ4n) is 2.16. The van der Waals surface area contributed by atoms with E-state index in [0.29, 0.717) is 23.6 Å². The van der Waals surface area contributed by atoms with Crippen LogP contribution in [-0.2, 0) is 4.74 Å². The normalized spacial score (nSPS) is 15.2. The van der Waals surface area contributed by atoms with E-state index in [2.05, 4.69) is 6.58 Å². The number of nitrogens with two attached hydrogens (primary N) is 1. The molecule has 0 aromatic heterocycles. The van der Waals surface area contributed by atoms with Gasteiger partial charge in [-0.25, -0.2) is 4.79 Å². The van der Waals surface area contributed by atoms with Crippen LogP contribution in [-0.4, -0.2) is 18.7 Å². The average Bonchev–Trinajstić information content (AvgIpc) is 2.90. The summed E-state index contributed by atoms with van der Waals surface area (Å²) in [6.45, 7) is 3.93. The molecule has 0 atom stereocenters. The number of rotatable bonds is 5. The predicted molar refractivity (Wildman–Crippen MR) is 74.2 cm³/mol. The molecule has 4 nitrogen and oxygen atoms in total. The first-order valence-electron chi connectivity index (χ1n) is 6.55. The van der Waals surface area contributed by atoms with Crippen LogP contribution in [0.4, 0.5) is 5.69 Å². The van der Waals surface area contributed by atoms with E-state index in [9.17, 15) is 4.79 Å². The van der Waals surface area contributed by atoms with Crippen molar-refractivity contribution in [3.05, 3.63) is 36.4 Å². The number of hydrogen-bond acceptors (Lipinski definition) is 4. The van der Waals surface area contributed by atoms with Gasteiger partial charge in [-0.2, -0.15) is 0 Å². The molecule has 0 radical (unpaired) electrons. The van der Waals surface area contributed by atoms with Crippen LogP contribution in [0.5, 0.6) is 5.75 Å². The van der Waals surface area contributed by atoms with E-state index in [1.54, 1.807) is 24.3 Å². The number of hydrogen-bond donors (Lipinski definition) is 1. The lowest BCUT2D eigenvalue weighted by molar-refractivity contribution is 0.0317. The molecule has 2 N–H and O–H groups in total. The minimum absolute atomic E-state index is 0.0580. The number of nitrogen functional groups attached to an aromatic ring is 1. The first-order chi connectivity index (χ1) is 9.20. The second kappa shape index (κ2) is 6.27. The molecule has 2 rings (SSSR count). The highest BCUT2D eigenvalue weighted by atomic mass is 16.5. The first-order valence-corrected chi connectivity index (χ1v) is 6.55. The van der Waals surface area contributed by atoms with Crippen molar-refractivity contribution in [3.8, 4) is 5.75 Å². The number of benzene rings is 1. The summed E-state index contributed by atoms with van der Waals surface area (Å²) in [7, 11) is 0. The molecule has 1 aliphatic rings. The van der Waals surface area contributed by atoms with Crippen LogP contribution >= 0.6 is 0 Å². The van der Waals surface area contributed by atoms with Crippen molar-refractivity contribution in [3.63, 3.8) is 0 Å². The Morgan fingerprint density at radius 2 is 2.16 bits per heavy atom. The number of anilines is 1. The van der Waals surface area contributed by atoms with Crippen LogP contribution in [0.2, 0.25) is 0 Å². The smallest absolute Gasteiger partial charge is 0.338 e. The fourth-order valence-corrected chi connectivity index (χ4v) is 2.16. The minimum Gasteiger partial charge on any atom is -0.487 e. The van der Waals surface area contributed by atoms with Crippen LogP contribution in [0.15, 0.2) is 30.9 Å². The molecule has 1 fully saturated rings. The van der Waals surface area contributed by atoms with Gasteiger partial charge >= 0.3 is 5.97 Å². The molecular weight excluding hydrogens is 242 g/mol. The van der Waals surface area contributed by atoms with Gasteiger partial charge in [0.2, 0.25) is 0 Å². The third kappa shape index (κ3) is 3.50. The van der Waals surface area contributed by atoms with Gasteiger partial charge in [0.05, 0.1) is 11.3 Å². The summed E-state index contributed by atoms with van der Waals surface area (Å²) >= 11 is 0. The number of carbonyl (C=O) groups excluding carboxylic acids is 1. The SMILES string of the molecule is C=CCOc1cc(C(=O)OC2CCCC2)ccc1N. The van der Waals surface area contributed by atoms with Gasteiger partial charge in [0, 0.05) is 0 Å². The molecule has 1 aromatic rings. The number of esters is 1. The molecule has 0 spiro atoms. The van der Waals surface area contributed by atoms with Crippen molar-refractivity contribution < 1.29 is 14.3 Å². The lowest BCUT2D eigenvalue weighted by Crippen LogP contribution is -2.15. The molecule has 0 aliphatic heterocycles. The summed E-state index contributed by atoms with van der Waals surface area (Å²) in [4.78, 5) is 12.0. The Morgan fingerprint density at radius 3 is 2.84 bits per heavy atom. The Labute approximate surface area is 113 Å². The highest BCUT2D eigenvalue weighted by molar-refractivity contribution is 5.90. The molecule has 0 unspecified atom stereocenters. The second-order valence-electron chi connectivity index (χ2n) is 4.66. The molecule has 0 heterocycles. The maximum atomic E-state index is 12.0. The third-order valence-electron chi connectivity index (χ3n) is 3.18. The van der Waals surface area contributed by atoms with Crippen LogP contribution in [0, 0.1) is 0 Å². The van der Waals surface area contributed by atoms with Crippen LogP contribution in [0.25, 0.3) is 0 Å². The Balaban J connectivity index is 2.05. The van der Waals surface area contributed by atoms with E-state index >= 15 is 0 Å². The molecular formula is C15H19NO3. The zero-order valence-electron chi connectivity index (χ0n) is 10.9. The summed E-state index contributed by atoms with van der Waals surface area (Å²) in [5.74, 6) is 0.177. The molecule has 102 valence electrons. The van der Waals surface area contributed by atoms with Crippen LogP contribution in [0.1, 0.15) is 36.0 Å². The molecule has 0 saturated heterocycles. The van der Waals surface area contributed by atoms with E-state index in [0.717, 1.165) is 25.7 Å². The molecule has 1 saturated carbocycles. The third-order valence-corrected chi connectivity index (χ3v) is 3.18. The maximum absolute atomic E-state index is 12.0. The van der Waals surface area contributed by atoms with Gasteiger partial charge in [0.25, 0.3) is 0 Å². The van der Waals surface area contributed by atoms with Crippen molar-refractivity contribution >= 4 is 11.7 Å². The van der Waals surface area contributed by atoms with Gasteiger partial charge < -0.3 is 15.2 Å². The van der Waals surface area contributed by atoms with E-state index < -0.39 is 0 Å². The molecule has 1 aliphatic carbocycles. The van der Waals surface area contributed by atoms with Crippen molar-refractivity contribution in [1.29, 1.82) is 0 Å². The van der Waals surface area contributed by atoms with Crippen LogP contribution in [0.3, 0.4) is 0 Å². The largest absolute Gasteiger partial charge is 0.487 e. The molecule has 1 aromatic carbocycles. The maximum Gasteiger partial charge on any atom is 0.338 e. The summed E-state index contributed by atoms with van der Waals surface area (Å²) in [6, 6.07) is 4.94. The second-order valence-corrected chi connectivity index (χ2v) is 4.66. The Kier molecular flexibility index (Phi) is 4.44. The van der Waals surface area contributed by atoms with E-state index in [1.807, 2.05) is 0 Å². The van der Waals surface area contributed by atoms with E-state index in [-0.39, 0.29) is 12.1 Å². The zero-order valence-corrected chi connectivity index (χ0v) is 10.9. The molecule has 0 bridgehead atoms. The molecule has 0 amide bonds. The van der Waals surface area contributed by atoms with E-state index in [1.165, 1.54) is 0 Å². The lowest BCUT2D eigenvalue weighted by atomic mass is 10.2. The summed E-state index contributed by atoms with van der Waals surface area (Å²) in [5.41, 5.74) is 6.75. The van der Waals surface area contributed by atoms with Crippen molar-refractivity contribution in [1.82, 2.24) is 0 Å². The van der Waals surface area contributed by atoms with Gasteiger partial charge in [-0.15, -0.1) is 0 Å². The van der Waals surface area contributed by atoms with Gasteiger partial charge in [0.15, 0.2) is 0 Å². The van der Waals surface area contributed by atoms with E-state index in [4.69, 9.17) is 15.2 Å². The van der Waals surface area contributed by atoms with Crippen LogP contribution < -0.4 is 10.5 Å². The molecule has 19 heavy (non-hydrogen) atoms. The molecule has 4 heteroatoms. The summed E-state index contributed by atoms with van der Waals surface area (Å²) in [6.07, 6.45) is 5.87. The highest BCUT2D eigenvalue weighted by Gasteiger charge is 2.20. The number of carbonyl (C=O) groups is 1. The standard InChI is InChI=1S/C15H19NO3/c1-2-9-18-14-10-11(7-8-13(14)16)15(17)19-12-5-3-4-6-12/h2,7-8,10,12H,1,3-6,9,16H2. The van der Waals surface area contributed by atoms with Gasteiger partial charge in [-0.3, -0.25) is 0 Å². The Bertz CT molecular complexity index is 464. The van der Waals surface area contributed by atoms with Crippen molar-refractivity contribution in [2.24, 2.45) is 0 Å². The topological polar surface area (TPSA) is 61.5 Å². The average molecular weight is 261 g/mol. The summed E-state index contributed by atoms with van der Waals surface area (Å²) < 4.78 is 10.8. The zero-order chi connectivity index (χ0) is 13.7. The fraction of sp³-hybridized carbons (Fsp3) is 0.400. The van der Waals surface area contributed by atoms with Gasteiger partial charge in [-0.05, 0) is 43.9 Å². The van der Waals surface area contributed by atoms with Gasteiger partial charge in [0.1, 0.15) is 18.5 Å². The summed E-state index contributed by atoms with van der Waals surface area (Å²) in [5, 5.41) is 0. The lowest BCUT2D eigenvalue weighted by Gasteiger charge is -2.13. The predicted octanol–water partition coefficient (Wildman–Crippen LogP) is 2.93. The van der Waals surface area contributed by atoms with Gasteiger partial charge in [-0.1, -0.05) is 12.7 Å². The Hall–Kier alpha value is -1.97. The Morgan fingerprint density at radius 1 is 1.42 bits per heavy atom. The minimum atomic E-state index is -0.310.